The molecule has 2 aromatic rings. The van der Waals surface area contributed by atoms with Crippen LogP contribution in [-0.2, 0) is 6.54 Å². The van der Waals surface area contributed by atoms with Gasteiger partial charge in [0.2, 0.25) is 5.95 Å². The van der Waals surface area contributed by atoms with E-state index in [1.165, 1.54) is 0 Å². The Balaban J connectivity index is 2.03. The molecule has 6 heteroatoms. The summed E-state index contributed by atoms with van der Waals surface area (Å²) in [5.41, 5.74) is 2.09. The van der Waals surface area contributed by atoms with Crippen LogP contribution in [-0.4, -0.2) is 29.0 Å². The lowest BCUT2D eigenvalue weighted by Crippen LogP contribution is -2.25. The lowest BCUT2D eigenvalue weighted by atomic mass is 10.2. The van der Waals surface area contributed by atoms with Crippen molar-refractivity contribution in [1.29, 1.82) is 0 Å². The number of carbonyl (C=O) groups is 1. The molecular weight excluding hydrogens is 292 g/mol. The van der Waals surface area contributed by atoms with Gasteiger partial charge < -0.3 is 15.4 Å². The average molecular weight is 314 g/mol. The molecule has 0 aliphatic carbocycles. The molecule has 1 heterocycles. The number of nitrogens with one attached hydrogen (secondary N) is 2. The zero-order valence-corrected chi connectivity index (χ0v) is 13.9. The fraction of sp³-hybridized carbons (Fsp3) is 0.353. The molecule has 0 saturated carbocycles. The fourth-order valence-electron chi connectivity index (χ4n) is 2.02. The number of aryl methyl sites for hydroxylation is 1. The molecule has 0 fully saturated rings. The number of methoxy groups -OCH3 is 1. The van der Waals surface area contributed by atoms with E-state index in [2.05, 4.69) is 20.6 Å². The molecule has 2 rings (SSSR count). The summed E-state index contributed by atoms with van der Waals surface area (Å²) in [4.78, 5) is 20.8. The van der Waals surface area contributed by atoms with Crippen LogP contribution in [0.4, 0.5) is 5.95 Å². The van der Waals surface area contributed by atoms with Gasteiger partial charge in [-0.1, -0.05) is 12.1 Å². The highest BCUT2D eigenvalue weighted by Gasteiger charge is 2.11. The molecule has 122 valence electrons. The van der Waals surface area contributed by atoms with E-state index in [4.69, 9.17) is 4.74 Å². The van der Waals surface area contributed by atoms with Gasteiger partial charge in [-0.05, 0) is 44.5 Å². The van der Waals surface area contributed by atoms with Crippen LogP contribution in [0.25, 0.3) is 0 Å². The largest absolute Gasteiger partial charge is 0.497 e. The smallest absolute Gasteiger partial charge is 0.270 e. The zero-order chi connectivity index (χ0) is 16.8. The molecule has 2 N–H and O–H groups in total. The van der Waals surface area contributed by atoms with Crippen molar-refractivity contribution < 1.29 is 9.53 Å². The number of nitrogens with zero attached hydrogens (tertiary/aromatic N) is 2. The number of amides is 1. The number of carbonyl (C=O) groups excluding carboxylic acids is 1. The predicted octanol–water partition coefficient (Wildman–Crippen LogP) is 2.54. The first-order valence-electron chi connectivity index (χ1n) is 7.51. The van der Waals surface area contributed by atoms with E-state index in [1.807, 2.05) is 45.0 Å². The third-order valence-electron chi connectivity index (χ3n) is 3.12. The normalized spacial score (nSPS) is 10.5. The molecule has 0 spiro atoms. The highest BCUT2D eigenvalue weighted by molar-refractivity contribution is 5.92. The van der Waals surface area contributed by atoms with Gasteiger partial charge in [-0.25, -0.2) is 9.97 Å². The van der Waals surface area contributed by atoms with E-state index in [1.54, 1.807) is 13.2 Å². The average Bonchev–Trinajstić information content (AvgIpc) is 2.51. The van der Waals surface area contributed by atoms with Crippen LogP contribution in [0.1, 0.15) is 35.6 Å². The molecule has 0 aliphatic heterocycles. The number of anilines is 1. The number of hydrogen-bond donors (Lipinski definition) is 2. The summed E-state index contributed by atoms with van der Waals surface area (Å²) < 4.78 is 5.11. The first-order valence-corrected chi connectivity index (χ1v) is 7.51. The molecule has 0 bridgehead atoms. The van der Waals surface area contributed by atoms with Crippen molar-refractivity contribution in [2.75, 3.05) is 12.4 Å². The molecule has 1 aromatic heterocycles. The van der Waals surface area contributed by atoms with Crippen molar-refractivity contribution >= 4 is 11.9 Å². The predicted molar refractivity (Wildman–Crippen MR) is 89.7 cm³/mol. The molecule has 23 heavy (non-hydrogen) atoms. The highest BCUT2D eigenvalue weighted by atomic mass is 16.5. The lowest BCUT2D eigenvalue weighted by Gasteiger charge is -2.11. The van der Waals surface area contributed by atoms with Crippen LogP contribution in [0.2, 0.25) is 0 Å². The van der Waals surface area contributed by atoms with Gasteiger partial charge >= 0.3 is 0 Å². The Morgan fingerprint density at radius 3 is 2.52 bits per heavy atom. The van der Waals surface area contributed by atoms with Crippen molar-refractivity contribution in [3.8, 4) is 5.75 Å². The van der Waals surface area contributed by atoms with Crippen molar-refractivity contribution in [2.45, 2.75) is 33.4 Å². The van der Waals surface area contributed by atoms with Crippen LogP contribution >= 0.6 is 0 Å². The second-order valence-electron chi connectivity index (χ2n) is 5.55. The topological polar surface area (TPSA) is 76.1 Å². The number of hydrogen-bond acceptors (Lipinski definition) is 5. The summed E-state index contributed by atoms with van der Waals surface area (Å²) >= 11 is 0. The van der Waals surface area contributed by atoms with Crippen molar-refractivity contribution in [3.05, 3.63) is 47.3 Å². The maximum Gasteiger partial charge on any atom is 0.270 e. The summed E-state index contributed by atoms with van der Waals surface area (Å²) in [5.74, 6) is 1.03. The van der Waals surface area contributed by atoms with Crippen molar-refractivity contribution in [3.63, 3.8) is 0 Å². The van der Waals surface area contributed by atoms with Crippen LogP contribution in [0.15, 0.2) is 30.3 Å². The van der Waals surface area contributed by atoms with Crippen molar-refractivity contribution in [1.82, 2.24) is 15.3 Å². The van der Waals surface area contributed by atoms with Gasteiger partial charge in [0.1, 0.15) is 11.4 Å². The third kappa shape index (κ3) is 4.95. The van der Waals surface area contributed by atoms with Gasteiger partial charge in [-0.3, -0.25) is 4.79 Å². The monoisotopic (exact) mass is 314 g/mol. The first-order chi connectivity index (χ1) is 11.0. The molecule has 1 aromatic carbocycles. The van der Waals surface area contributed by atoms with E-state index < -0.39 is 0 Å². The third-order valence-corrected chi connectivity index (χ3v) is 3.12. The van der Waals surface area contributed by atoms with Crippen LogP contribution in [0.3, 0.4) is 0 Å². The fourth-order valence-corrected chi connectivity index (χ4v) is 2.02. The quantitative estimate of drug-likeness (QED) is 0.857. The van der Waals surface area contributed by atoms with E-state index in [0.717, 1.165) is 17.0 Å². The maximum absolute atomic E-state index is 12.3. The molecule has 0 unspecified atom stereocenters. The standard InChI is InChI=1S/C17H22N4O2/c1-11(2)19-17-20-12(3)9-15(21-17)16(22)18-10-13-5-7-14(23-4)8-6-13/h5-9,11H,10H2,1-4H3,(H,18,22)(H,19,20,21). The summed E-state index contributed by atoms with van der Waals surface area (Å²) in [6.45, 7) is 6.26. The van der Waals surface area contributed by atoms with Gasteiger partial charge in [0.25, 0.3) is 5.91 Å². The van der Waals surface area contributed by atoms with Crippen LogP contribution in [0.5, 0.6) is 5.75 Å². The lowest BCUT2D eigenvalue weighted by molar-refractivity contribution is 0.0945. The second kappa shape index (κ2) is 7.58. The second-order valence-corrected chi connectivity index (χ2v) is 5.55. The summed E-state index contributed by atoms with van der Waals surface area (Å²) in [5, 5.41) is 5.97. The Morgan fingerprint density at radius 1 is 1.22 bits per heavy atom. The molecular formula is C17H22N4O2. The number of benzene rings is 1. The SMILES string of the molecule is COc1ccc(CNC(=O)c2cc(C)nc(NC(C)C)n2)cc1. The van der Waals surface area contributed by atoms with Crippen LogP contribution < -0.4 is 15.4 Å². The van der Waals surface area contributed by atoms with E-state index >= 15 is 0 Å². The Labute approximate surface area is 136 Å². The Hall–Kier alpha value is -2.63. The number of ether oxygens (including phenoxy) is 1. The maximum atomic E-state index is 12.3. The van der Waals surface area contributed by atoms with Gasteiger partial charge in [-0.15, -0.1) is 0 Å². The Kier molecular flexibility index (Phi) is 5.51. The minimum absolute atomic E-state index is 0.201. The van der Waals surface area contributed by atoms with E-state index in [9.17, 15) is 4.79 Å². The summed E-state index contributed by atoms with van der Waals surface area (Å²) in [6, 6.07) is 9.43. The van der Waals surface area contributed by atoms with Crippen molar-refractivity contribution in [2.24, 2.45) is 0 Å². The van der Waals surface area contributed by atoms with Crippen LogP contribution in [0, 0.1) is 6.92 Å². The van der Waals surface area contributed by atoms with Gasteiger partial charge in [0, 0.05) is 18.3 Å². The number of rotatable bonds is 6. The first kappa shape index (κ1) is 16.7. The molecule has 0 atom stereocenters. The van der Waals surface area contributed by atoms with E-state index in [0.29, 0.717) is 18.2 Å². The number of aromatic nitrogens is 2. The highest BCUT2D eigenvalue weighted by Crippen LogP contribution is 2.11. The summed E-state index contributed by atoms with van der Waals surface area (Å²) in [6.07, 6.45) is 0. The molecule has 0 aliphatic rings. The van der Waals surface area contributed by atoms with Gasteiger partial charge in [-0.2, -0.15) is 0 Å². The molecule has 6 nitrogen and oxygen atoms in total. The Morgan fingerprint density at radius 2 is 1.91 bits per heavy atom. The minimum Gasteiger partial charge on any atom is -0.497 e. The zero-order valence-electron chi connectivity index (χ0n) is 13.9. The Bertz CT molecular complexity index is 669. The molecule has 1 amide bonds. The molecule has 0 radical (unpaired) electrons. The van der Waals surface area contributed by atoms with E-state index in [-0.39, 0.29) is 11.9 Å². The van der Waals surface area contributed by atoms with Gasteiger partial charge in [0.05, 0.1) is 7.11 Å². The summed E-state index contributed by atoms with van der Waals surface area (Å²) in [7, 11) is 1.62. The van der Waals surface area contributed by atoms with Gasteiger partial charge in [0.15, 0.2) is 0 Å². The minimum atomic E-state index is -0.224. The molecule has 0 saturated heterocycles.